The van der Waals surface area contributed by atoms with E-state index in [0.717, 1.165) is 33.1 Å². The Morgan fingerprint density at radius 2 is 1.06 bits per heavy atom. The number of rotatable bonds is 4. The molecule has 244 valence electrons. The Kier molecular flexibility index (Phi) is 6.10. The summed E-state index contributed by atoms with van der Waals surface area (Å²) in [4.78, 5) is 0. The fourth-order valence-corrected chi connectivity index (χ4v) is 8.74. The van der Waals surface area contributed by atoms with Crippen LogP contribution >= 0.6 is 0 Å². The number of furan rings is 1. The normalized spacial score (nSPS) is 15.1. The van der Waals surface area contributed by atoms with Crippen LogP contribution in [0.15, 0.2) is 186 Å². The van der Waals surface area contributed by atoms with Crippen LogP contribution in [0.4, 0.5) is 17.1 Å². The molecular weight excluding hydrogens is 633 g/mol. The van der Waals surface area contributed by atoms with Crippen LogP contribution in [0, 0.1) is 0 Å². The number of hydrogen-bond acceptors (Lipinski definition) is 1. The molecule has 0 aliphatic carbocycles. The van der Waals surface area contributed by atoms with E-state index in [1.165, 1.54) is 66.8 Å². The first kappa shape index (κ1) is 29.1. The molecule has 3 heteroatoms. The average Bonchev–Trinajstić information content (AvgIpc) is 3.84. The van der Waals surface area contributed by atoms with Crippen LogP contribution in [0.3, 0.4) is 0 Å². The van der Waals surface area contributed by atoms with E-state index in [1.807, 2.05) is 12.1 Å². The van der Waals surface area contributed by atoms with E-state index in [-0.39, 0.29) is 0 Å². The fourth-order valence-electron chi connectivity index (χ4n) is 8.74. The highest BCUT2D eigenvalue weighted by atomic mass is 16.3. The zero-order chi connectivity index (χ0) is 34.4. The van der Waals surface area contributed by atoms with Crippen molar-refractivity contribution in [3.63, 3.8) is 0 Å². The van der Waals surface area contributed by atoms with Crippen LogP contribution in [-0.2, 0) is 0 Å². The molecule has 3 nitrogen and oxygen atoms in total. The Labute approximate surface area is 301 Å². The number of aromatic nitrogens is 1. The molecule has 2 aromatic heterocycles. The third-order valence-corrected chi connectivity index (χ3v) is 11.3. The Hall–Kier alpha value is -6.68. The van der Waals surface area contributed by atoms with Gasteiger partial charge < -0.3 is 8.98 Å². The lowest BCUT2D eigenvalue weighted by Gasteiger charge is -2.30. The van der Waals surface area contributed by atoms with Gasteiger partial charge in [0.05, 0.1) is 23.6 Å². The molecular formula is C49H33N2O+. The Morgan fingerprint density at radius 1 is 0.423 bits per heavy atom. The molecule has 10 aromatic rings. The van der Waals surface area contributed by atoms with E-state index >= 15 is 0 Å². The molecule has 0 fully saturated rings. The van der Waals surface area contributed by atoms with Crippen LogP contribution in [0.1, 0.15) is 0 Å². The van der Waals surface area contributed by atoms with Gasteiger partial charge in [-0.3, -0.25) is 0 Å². The van der Waals surface area contributed by atoms with E-state index in [4.69, 9.17) is 4.42 Å². The Balaban J connectivity index is 1.02. The average molecular weight is 666 g/mol. The molecule has 1 atom stereocenters. The standard InChI is InChI=1S/C49H33N2O/c1-51(36-26-22-32(23-27-36)37-17-11-18-41-40-16-7-10-21-48(40)52-49(37)41)46-20-9-6-15-39(46)43-31-34(25-29-47(43)51)33-24-28-45-42(30-33)38-14-5-8-19-44(38)50(45)35-12-3-2-4-13-35/h2-31H,1H3/q+1. The predicted molar refractivity (Wildman–Crippen MR) is 218 cm³/mol. The quantitative estimate of drug-likeness (QED) is 0.171. The molecule has 11 rings (SSSR count). The number of benzene rings is 8. The van der Waals surface area contributed by atoms with E-state index in [1.54, 1.807) is 0 Å². The van der Waals surface area contributed by atoms with Crippen LogP contribution < -0.4 is 4.48 Å². The maximum Gasteiger partial charge on any atom is 0.151 e. The Morgan fingerprint density at radius 3 is 1.94 bits per heavy atom. The van der Waals surface area contributed by atoms with Crippen molar-refractivity contribution in [1.82, 2.24) is 9.05 Å². The lowest BCUT2D eigenvalue weighted by Crippen LogP contribution is -2.31. The molecule has 1 aliphatic rings. The molecule has 8 aromatic carbocycles. The molecule has 0 saturated carbocycles. The van der Waals surface area contributed by atoms with Gasteiger partial charge in [-0.2, -0.15) is 0 Å². The number of quaternary nitrogens is 1. The number of para-hydroxylation sites is 5. The lowest BCUT2D eigenvalue weighted by molar-refractivity contribution is 0.642. The van der Waals surface area contributed by atoms with Gasteiger partial charge in [0.25, 0.3) is 0 Å². The van der Waals surface area contributed by atoms with Crippen LogP contribution in [0.2, 0.25) is 0 Å². The summed E-state index contributed by atoms with van der Waals surface area (Å²) in [6, 6.07) is 66.0. The van der Waals surface area contributed by atoms with Gasteiger partial charge in [0.1, 0.15) is 16.9 Å². The third-order valence-electron chi connectivity index (χ3n) is 11.3. The van der Waals surface area contributed by atoms with Crippen molar-refractivity contribution in [3.8, 4) is 39.1 Å². The monoisotopic (exact) mass is 665 g/mol. The number of hydrogen-bond donors (Lipinski definition) is 0. The summed E-state index contributed by atoms with van der Waals surface area (Å²) < 4.78 is 9.36. The molecule has 0 spiro atoms. The molecule has 1 aliphatic heterocycles. The Bertz CT molecular complexity index is 3020. The second kappa shape index (κ2) is 10.9. The van der Waals surface area contributed by atoms with Gasteiger partial charge in [-0.05, 0) is 83.4 Å². The van der Waals surface area contributed by atoms with Crippen LogP contribution in [-0.4, -0.2) is 11.6 Å². The molecule has 0 bridgehead atoms. The predicted octanol–water partition coefficient (Wildman–Crippen LogP) is 13.6. The SMILES string of the molecule is C[N+]1(c2ccc(-c3cccc4c3oc3ccccc34)cc2)c2ccccc2-c2cc(-c3ccc4c(c3)c3ccccc3n4-c3ccccc3)ccc21. The smallest absolute Gasteiger partial charge is 0.151 e. The summed E-state index contributed by atoms with van der Waals surface area (Å²) in [6.45, 7) is 0. The van der Waals surface area contributed by atoms with Crippen molar-refractivity contribution in [3.05, 3.63) is 182 Å². The molecule has 0 saturated heterocycles. The summed E-state index contributed by atoms with van der Waals surface area (Å²) in [5.74, 6) is 0. The van der Waals surface area contributed by atoms with Gasteiger partial charge in [-0.15, -0.1) is 0 Å². The first-order valence-electron chi connectivity index (χ1n) is 17.9. The van der Waals surface area contributed by atoms with Crippen molar-refractivity contribution in [2.75, 3.05) is 7.05 Å². The molecule has 0 N–H and O–H groups in total. The zero-order valence-electron chi connectivity index (χ0n) is 28.6. The third kappa shape index (κ3) is 4.06. The van der Waals surface area contributed by atoms with Gasteiger partial charge in [-0.1, -0.05) is 91.0 Å². The summed E-state index contributed by atoms with van der Waals surface area (Å²) in [6.07, 6.45) is 0. The summed E-state index contributed by atoms with van der Waals surface area (Å²) >= 11 is 0. The van der Waals surface area contributed by atoms with Crippen molar-refractivity contribution in [2.24, 2.45) is 0 Å². The van der Waals surface area contributed by atoms with Crippen LogP contribution in [0.5, 0.6) is 0 Å². The minimum Gasteiger partial charge on any atom is -0.455 e. The van der Waals surface area contributed by atoms with E-state index < -0.39 is 0 Å². The molecule has 3 heterocycles. The maximum absolute atomic E-state index is 6.39. The van der Waals surface area contributed by atoms with Crippen molar-refractivity contribution in [2.45, 2.75) is 0 Å². The molecule has 52 heavy (non-hydrogen) atoms. The first-order valence-corrected chi connectivity index (χ1v) is 17.9. The van der Waals surface area contributed by atoms with Gasteiger partial charge in [0.2, 0.25) is 0 Å². The minimum atomic E-state index is 0.602. The van der Waals surface area contributed by atoms with Gasteiger partial charge in [0.15, 0.2) is 11.4 Å². The van der Waals surface area contributed by atoms with Crippen molar-refractivity contribution in [1.29, 1.82) is 0 Å². The van der Waals surface area contributed by atoms with Crippen molar-refractivity contribution < 1.29 is 4.42 Å². The molecule has 0 radical (unpaired) electrons. The van der Waals surface area contributed by atoms with Crippen molar-refractivity contribution >= 4 is 60.8 Å². The zero-order valence-corrected chi connectivity index (χ0v) is 28.6. The first-order chi connectivity index (χ1) is 25.7. The highest BCUT2D eigenvalue weighted by Crippen LogP contribution is 2.57. The van der Waals surface area contributed by atoms with Gasteiger partial charge in [-0.25, -0.2) is 4.48 Å². The largest absolute Gasteiger partial charge is 0.455 e. The lowest BCUT2D eigenvalue weighted by atomic mass is 9.97. The number of nitrogens with zero attached hydrogens (tertiary/aromatic N) is 2. The van der Waals surface area contributed by atoms with Gasteiger partial charge >= 0.3 is 0 Å². The van der Waals surface area contributed by atoms with E-state index in [0.29, 0.717) is 4.48 Å². The topological polar surface area (TPSA) is 18.1 Å². The van der Waals surface area contributed by atoms with Gasteiger partial charge in [0, 0.05) is 62.6 Å². The van der Waals surface area contributed by atoms with E-state index in [2.05, 4.69) is 181 Å². The van der Waals surface area contributed by atoms with E-state index in [9.17, 15) is 0 Å². The summed E-state index contributed by atoms with van der Waals surface area (Å²) in [5.41, 5.74) is 16.5. The molecule has 1 unspecified atom stereocenters. The highest BCUT2D eigenvalue weighted by molar-refractivity contribution is 6.11. The highest BCUT2D eigenvalue weighted by Gasteiger charge is 2.42. The summed E-state index contributed by atoms with van der Waals surface area (Å²) in [7, 11) is 2.32. The van der Waals surface area contributed by atoms with Crippen LogP contribution in [0.25, 0.3) is 82.8 Å². The minimum absolute atomic E-state index is 0.602. The second-order valence-electron chi connectivity index (χ2n) is 14.0. The maximum atomic E-state index is 6.39. The fraction of sp³-hybridized carbons (Fsp3) is 0.0204. The molecule has 0 amide bonds. The second-order valence-corrected chi connectivity index (χ2v) is 14.0. The summed E-state index contributed by atoms with van der Waals surface area (Å²) in [5, 5.41) is 4.82. The number of fused-ring (bicyclic) bond motifs is 9.